The normalized spacial score (nSPS) is 16.3. The van der Waals surface area contributed by atoms with Gasteiger partial charge in [-0.15, -0.1) is 0 Å². The molecule has 0 radical (unpaired) electrons. The molecule has 1 saturated carbocycles. The van der Waals surface area contributed by atoms with E-state index in [9.17, 15) is 4.79 Å². The van der Waals surface area contributed by atoms with E-state index in [0.29, 0.717) is 6.54 Å². The number of benzene rings is 1. The van der Waals surface area contributed by atoms with Gasteiger partial charge in [0.2, 0.25) is 5.91 Å². The molecule has 1 aliphatic rings. The summed E-state index contributed by atoms with van der Waals surface area (Å²) in [5.74, 6) is 0.0344. The zero-order valence-corrected chi connectivity index (χ0v) is 13.5. The Morgan fingerprint density at radius 1 is 1.32 bits per heavy atom. The first kappa shape index (κ1) is 14.8. The maximum Gasteiger partial charge on any atom is 0.245 e. The van der Waals surface area contributed by atoms with Gasteiger partial charge in [0.25, 0.3) is 0 Å². The summed E-state index contributed by atoms with van der Waals surface area (Å²) in [6.07, 6.45) is 5.91. The second-order valence-electron chi connectivity index (χ2n) is 6.81. The minimum atomic E-state index is -0.631. The van der Waals surface area contributed by atoms with E-state index >= 15 is 0 Å². The molecular formula is C18H23N3O. The molecule has 22 heavy (non-hydrogen) atoms. The number of imidazole rings is 1. The van der Waals surface area contributed by atoms with Crippen LogP contribution in [-0.2, 0) is 15.7 Å². The maximum atomic E-state index is 12.6. The molecule has 116 valence electrons. The number of aromatic nitrogens is 2. The van der Waals surface area contributed by atoms with Crippen LogP contribution >= 0.6 is 0 Å². The number of nitrogens with one attached hydrogen (secondary N) is 1. The highest BCUT2D eigenvalue weighted by Crippen LogP contribution is 2.47. The Morgan fingerprint density at radius 2 is 2.00 bits per heavy atom. The summed E-state index contributed by atoms with van der Waals surface area (Å²) >= 11 is 0. The van der Waals surface area contributed by atoms with E-state index < -0.39 is 5.54 Å². The molecule has 0 unspecified atom stereocenters. The third-order valence-corrected chi connectivity index (χ3v) is 4.74. The molecule has 2 aromatic rings. The van der Waals surface area contributed by atoms with Crippen LogP contribution in [0.25, 0.3) is 0 Å². The maximum absolute atomic E-state index is 12.6. The van der Waals surface area contributed by atoms with Crippen LogP contribution in [0.15, 0.2) is 42.9 Å². The lowest BCUT2D eigenvalue weighted by Gasteiger charge is -2.27. The predicted octanol–water partition coefficient (Wildman–Crippen LogP) is 2.77. The molecule has 4 heteroatoms. The molecule has 1 fully saturated rings. The van der Waals surface area contributed by atoms with Gasteiger partial charge in [0, 0.05) is 18.2 Å². The van der Waals surface area contributed by atoms with Crippen molar-refractivity contribution in [1.29, 1.82) is 0 Å². The van der Waals surface area contributed by atoms with Gasteiger partial charge < -0.3 is 9.88 Å². The van der Waals surface area contributed by atoms with E-state index in [1.54, 1.807) is 6.33 Å². The Morgan fingerprint density at radius 3 is 2.55 bits per heavy atom. The molecule has 3 rings (SSSR count). The fraction of sp³-hybridized carbons (Fsp3) is 0.444. The monoisotopic (exact) mass is 297 g/mol. The molecule has 1 amide bonds. The molecular weight excluding hydrogens is 274 g/mol. The van der Waals surface area contributed by atoms with Crippen LogP contribution in [-0.4, -0.2) is 22.0 Å². The first-order valence-electron chi connectivity index (χ1n) is 7.79. The summed E-state index contributed by atoms with van der Waals surface area (Å²) in [4.78, 5) is 16.8. The minimum absolute atomic E-state index is 0.0344. The number of hydrogen-bond acceptors (Lipinski definition) is 2. The average Bonchev–Trinajstić information content (AvgIpc) is 3.19. The zero-order chi connectivity index (χ0) is 15.8. The third-order valence-electron chi connectivity index (χ3n) is 4.74. The van der Waals surface area contributed by atoms with E-state index in [-0.39, 0.29) is 11.3 Å². The lowest BCUT2D eigenvalue weighted by atomic mass is 9.95. The molecule has 0 atom stereocenters. The number of amides is 1. The first-order valence-corrected chi connectivity index (χ1v) is 7.79. The summed E-state index contributed by atoms with van der Waals surface area (Å²) < 4.78 is 1.87. The first-order chi connectivity index (χ1) is 10.4. The Bertz CT molecular complexity index is 669. The van der Waals surface area contributed by atoms with Gasteiger partial charge in [0.15, 0.2) is 0 Å². The van der Waals surface area contributed by atoms with Crippen molar-refractivity contribution in [3.05, 3.63) is 54.1 Å². The van der Waals surface area contributed by atoms with Crippen LogP contribution in [0.4, 0.5) is 0 Å². The number of hydrogen-bond donors (Lipinski definition) is 1. The molecule has 1 aromatic heterocycles. The highest BCUT2D eigenvalue weighted by Gasteiger charge is 2.45. The molecule has 0 saturated heterocycles. The summed E-state index contributed by atoms with van der Waals surface area (Å²) in [5, 5.41) is 3.14. The Hall–Kier alpha value is -2.10. The molecule has 0 bridgehead atoms. The fourth-order valence-corrected chi connectivity index (χ4v) is 2.82. The van der Waals surface area contributed by atoms with Crippen molar-refractivity contribution in [3.8, 4) is 0 Å². The Labute approximate surface area is 131 Å². The molecule has 1 N–H and O–H groups in total. The number of carbonyl (C=O) groups excluding carboxylic acids is 1. The summed E-state index contributed by atoms with van der Waals surface area (Å²) in [6.45, 7) is 6.48. The standard InChI is InChI=1S/C18H23N3O/c1-14-11-21(13-20-14)17(2,3)16(22)19-12-18(9-10-18)15-7-5-4-6-8-15/h4-8,11,13H,9-10,12H2,1-3H3,(H,19,22). The molecule has 0 aliphatic heterocycles. The Kier molecular flexibility index (Phi) is 3.55. The van der Waals surface area contributed by atoms with Crippen LogP contribution in [0.3, 0.4) is 0 Å². The van der Waals surface area contributed by atoms with Gasteiger partial charge in [0.05, 0.1) is 12.0 Å². The van der Waals surface area contributed by atoms with Gasteiger partial charge in [-0.1, -0.05) is 30.3 Å². The highest BCUT2D eigenvalue weighted by atomic mass is 16.2. The highest BCUT2D eigenvalue weighted by molar-refractivity contribution is 5.83. The quantitative estimate of drug-likeness (QED) is 0.922. The van der Waals surface area contributed by atoms with Crippen LogP contribution in [0.5, 0.6) is 0 Å². The van der Waals surface area contributed by atoms with Gasteiger partial charge in [-0.25, -0.2) is 4.98 Å². The van der Waals surface area contributed by atoms with Gasteiger partial charge in [-0.05, 0) is 39.2 Å². The van der Waals surface area contributed by atoms with E-state index in [2.05, 4.69) is 34.6 Å². The van der Waals surface area contributed by atoms with E-state index in [0.717, 1.165) is 18.5 Å². The van der Waals surface area contributed by atoms with Crippen molar-refractivity contribution in [1.82, 2.24) is 14.9 Å². The second kappa shape index (κ2) is 5.27. The van der Waals surface area contributed by atoms with Gasteiger partial charge in [0.1, 0.15) is 5.54 Å². The summed E-state index contributed by atoms with van der Waals surface area (Å²) in [5.41, 5.74) is 1.75. The van der Waals surface area contributed by atoms with Crippen LogP contribution in [0, 0.1) is 6.92 Å². The number of rotatable bonds is 5. The molecule has 1 aliphatic carbocycles. The SMILES string of the molecule is Cc1cn(C(C)(C)C(=O)NCC2(c3ccccc3)CC2)cn1. The molecule has 1 aromatic carbocycles. The second-order valence-corrected chi connectivity index (χ2v) is 6.81. The molecule has 1 heterocycles. The number of carbonyl (C=O) groups is 1. The topological polar surface area (TPSA) is 46.9 Å². The van der Waals surface area contributed by atoms with Crippen molar-refractivity contribution >= 4 is 5.91 Å². The van der Waals surface area contributed by atoms with Crippen molar-refractivity contribution in [2.75, 3.05) is 6.54 Å². The summed E-state index contributed by atoms with van der Waals surface area (Å²) in [6, 6.07) is 10.5. The van der Waals surface area contributed by atoms with Crippen LogP contribution < -0.4 is 5.32 Å². The minimum Gasteiger partial charge on any atom is -0.353 e. The van der Waals surface area contributed by atoms with Gasteiger partial charge in [-0.3, -0.25) is 4.79 Å². The van der Waals surface area contributed by atoms with Crippen molar-refractivity contribution < 1.29 is 4.79 Å². The number of nitrogens with zero attached hydrogens (tertiary/aromatic N) is 2. The Balaban J connectivity index is 1.68. The smallest absolute Gasteiger partial charge is 0.245 e. The van der Waals surface area contributed by atoms with Crippen LogP contribution in [0.2, 0.25) is 0 Å². The van der Waals surface area contributed by atoms with Crippen molar-refractivity contribution in [2.45, 2.75) is 44.6 Å². The lowest BCUT2D eigenvalue weighted by Crippen LogP contribution is -2.46. The zero-order valence-electron chi connectivity index (χ0n) is 13.5. The lowest BCUT2D eigenvalue weighted by molar-refractivity contribution is -0.128. The van der Waals surface area contributed by atoms with E-state index in [1.165, 1.54) is 5.56 Å². The molecule has 0 spiro atoms. The van der Waals surface area contributed by atoms with E-state index in [4.69, 9.17) is 0 Å². The number of aryl methyl sites for hydroxylation is 1. The summed E-state index contributed by atoms with van der Waals surface area (Å²) in [7, 11) is 0. The third kappa shape index (κ3) is 2.65. The fourth-order valence-electron chi connectivity index (χ4n) is 2.82. The van der Waals surface area contributed by atoms with Crippen molar-refractivity contribution in [2.24, 2.45) is 0 Å². The van der Waals surface area contributed by atoms with Crippen molar-refractivity contribution in [3.63, 3.8) is 0 Å². The predicted molar refractivity (Wildman–Crippen MR) is 86.6 cm³/mol. The van der Waals surface area contributed by atoms with Gasteiger partial charge in [-0.2, -0.15) is 0 Å². The largest absolute Gasteiger partial charge is 0.353 e. The van der Waals surface area contributed by atoms with Crippen LogP contribution in [0.1, 0.15) is 37.9 Å². The molecule has 4 nitrogen and oxygen atoms in total. The average molecular weight is 297 g/mol. The van der Waals surface area contributed by atoms with E-state index in [1.807, 2.05) is 37.6 Å². The van der Waals surface area contributed by atoms with Gasteiger partial charge >= 0.3 is 0 Å².